The Morgan fingerprint density at radius 2 is 1.67 bits per heavy atom. The van der Waals surface area contributed by atoms with Crippen molar-refractivity contribution in [2.45, 2.75) is 71.8 Å². The van der Waals surface area contributed by atoms with Gasteiger partial charge in [-0.05, 0) is 43.4 Å². The van der Waals surface area contributed by atoms with Gasteiger partial charge in [0.05, 0.1) is 0 Å². The van der Waals surface area contributed by atoms with Crippen molar-refractivity contribution in [2.24, 2.45) is 23.5 Å². The third-order valence-electron chi connectivity index (χ3n) is 4.15. The van der Waals surface area contributed by atoms with Gasteiger partial charge in [0.1, 0.15) is 0 Å². The molecule has 1 aliphatic carbocycles. The molecule has 0 bridgehead atoms. The largest absolute Gasteiger partial charge is 0.327 e. The lowest BCUT2D eigenvalue weighted by atomic mass is 9.76. The highest BCUT2D eigenvalue weighted by Crippen LogP contribution is 2.33. The van der Waals surface area contributed by atoms with E-state index in [9.17, 15) is 0 Å². The minimum absolute atomic E-state index is 0.477. The summed E-state index contributed by atoms with van der Waals surface area (Å²) in [5.41, 5.74) is 6.28. The minimum atomic E-state index is 0.477. The first-order chi connectivity index (χ1) is 7.13. The molecule has 0 aromatic carbocycles. The van der Waals surface area contributed by atoms with E-state index in [1.54, 1.807) is 0 Å². The fourth-order valence-electron chi connectivity index (χ4n) is 2.79. The second-order valence-electron chi connectivity index (χ2n) is 5.82. The maximum absolute atomic E-state index is 6.28. The fourth-order valence-corrected chi connectivity index (χ4v) is 2.79. The van der Waals surface area contributed by atoms with E-state index < -0.39 is 0 Å². The van der Waals surface area contributed by atoms with E-state index in [1.165, 1.54) is 44.9 Å². The predicted molar refractivity (Wildman–Crippen MR) is 67.8 cm³/mol. The first-order valence-electron chi connectivity index (χ1n) is 6.89. The Labute approximate surface area is 95.8 Å². The van der Waals surface area contributed by atoms with Gasteiger partial charge in [0.25, 0.3) is 0 Å². The van der Waals surface area contributed by atoms with Gasteiger partial charge >= 0.3 is 0 Å². The molecule has 1 atom stereocenters. The van der Waals surface area contributed by atoms with Crippen LogP contribution in [0.5, 0.6) is 0 Å². The molecule has 90 valence electrons. The van der Waals surface area contributed by atoms with E-state index in [4.69, 9.17) is 5.73 Å². The average Bonchev–Trinajstić information content (AvgIpc) is 2.26. The highest BCUT2D eigenvalue weighted by atomic mass is 14.6. The summed E-state index contributed by atoms with van der Waals surface area (Å²) < 4.78 is 0. The Morgan fingerprint density at radius 3 is 2.13 bits per heavy atom. The van der Waals surface area contributed by atoms with Crippen molar-refractivity contribution in [1.29, 1.82) is 0 Å². The van der Waals surface area contributed by atoms with Crippen LogP contribution in [0.4, 0.5) is 0 Å². The number of rotatable bonds is 5. The van der Waals surface area contributed by atoms with E-state index in [0.29, 0.717) is 6.04 Å². The van der Waals surface area contributed by atoms with Crippen molar-refractivity contribution in [3.8, 4) is 0 Å². The third kappa shape index (κ3) is 4.55. The van der Waals surface area contributed by atoms with Crippen molar-refractivity contribution in [2.75, 3.05) is 0 Å². The SMILES string of the molecule is CCC1CCC(C(N)CCC(C)C)CC1. The molecule has 2 N–H and O–H groups in total. The van der Waals surface area contributed by atoms with E-state index in [0.717, 1.165) is 17.8 Å². The van der Waals surface area contributed by atoms with Crippen molar-refractivity contribution < 1.29 is 0 Å². The van der Waals surface area contributed by atoms with Gasteiger partial charge in [0.2, 0.25) is 0 Å². The van der Waals surface area contributed by atoms with E-state index >= 15 is 0 Å². The highest BCUT2D eigenvalue weighted by Gasteiger charge is 2.24. The summed E-state index contributed by atoms with van der Waals surface area (Å²) in [5.74, 6) is 2.63. The van der Waals surface area contributed by atoms with Crippen LogP contribution in [0.3, 0.4) is 0 Å². The highest BCUT2D eigenvalue weighted by molar-refractivity contribution is 4.79. The van der Waals surface area contributed by atoms with Crippen LogP contribution in [-0.4, -0.2) is 6.04 Å². The maximum atomic E-state index is 6.28. The molecule has 0 radical (unpaired) electrons. The molecule has 0 aromatic rings. The first-order valence-corrected chi connectivity index (χ1v) is 6.89. The standard InChI is InChI=1S/C14H29N/c1-4-12-6-8-13(9-7-12)14(15)10-5-11(2)3/h11-14H,4-10,15H2,1-3H3. The Morgan fingerprint density at radius 1 is 1.07 bits per heavy atom. The zero-order valence-corrected chi connectivity index (χ0v) is 10.8. The summed E-state index contributed by atoms with van der Waals surface area (Å²) in [4.78, 5) is 0. The molecule has 1 unspecified atom stereocenters. The van der Waals surface area contributed by atoms with Crippen LogP contribution >= 0.6 is 0 Å². The van der Waals surface area contributed by atoms with E-state index in [2.05, 4.69) is 20.8 Å². The van der Waals surface area contributed by atoms with Crippen LogP contribution < -0.4 is 5.73 Å². The van der Waals surface area contributed by atoms with Crippen LogP contribution in [0.25, 0.3) is 0 Å². The molecule has 0 aromatic heterocycles. The molecule has 1 fully saturated rings. The average molecular weight is 211 g/mol. The Balaban J connectivity index is 2.20. The summed E-state index contributed by atoms with van der Waals surface area (Å²) in [6, 6.07) is 0.477. The smallest absolute Gasteiger partial charge is 0.00672 e. The Bertz CT molecular complexity index is 157. The second kappa shape index (κ2) is 6.52. The molecule has 0 saturated heterocycles. The number of nitrogens with two attached hydrogens (primary N) is 1. The molecule has 1 nitrogen and oxygen atoms in total. The van der Waals surface area contributed by atoms with Gasteiger partial charge in [-0.1, -0.05) is 40.0 Å². The molecule has 0 spiro atoms. The van der Waals surface area contributed by atoms with Gasteiger partial charge in [-0.25, -0.2) is 0 Å². The predicted octanol–water partition coefficient (Wildman–Crippen LogP) is 3.97. The summed E-state index contributed by atoms with van der Waals surface area (Å²) in [6.45, 7) is 6.91. The molecular weight excluding hydrogens is 182 g/mol. The zero-order valence-electron chi connectivity index (χ0n) is 10.8. The lowest BCUT2D eigenvalue weighted by Gasteiger charge is -2.32. The molecule has 15 heavy (non-hydrogen) atoms. The van der Waals surface area contributed by atoms with Crippen LogP contribution in [0.1, 0.15) is 65.7 Å². The van der Waals surface area contributed by atoms with Crippen LogP contribution in [0.15, 0.2) is 0 Å². The van der Waals surface area contributed by atoms with E-state index in [1.807, 2.05) is 0 Å². The van der Waals surface area contributed by atoms with Gasteiger partial charge in [-0.3, -0.25) is 0 Å². The number of hydrogen-bond acceptors (Lipinski definition) is 1. The maximum Gasteiger partial charge on any atom is 0.00672 e. The molecule has 0 amide bonds. The lowest BCUT2D eigenvalue weighted by Crippen LogP contribution is -2.33. The zero-order chi connectivity index (χ0) is 11.3. The van der Waals surface area contributed by atoms with Crippen LogP contribution in [-0.2, 0) is 0 Å². The Hall–Kier alpha value is -0.0400. The van der Waals surface area contributed by atoms with Crippen molar-refractivity contribution >= 4 is 0 Å². The molecule has 1 heteroatoms. The summed E-state index contributed by atoms with van der Waals surface area (Å²) in [7, 11) is 0. The van der Waals surface area contributed by atoms with Crippen LogP contribution in [0.2, 0.25) is 0 Å². The molecular formula is C14H29N. The summed E-state index contributed by atoms with van der Waals surface area (Å²) >= 11 is 0. The quantitative estimate of drug-likeness (QED) is 0.731. The van der Waals surface area contributed by atoms with Gasteiger partial charge in [0, 0.05) is 6.04 Å². The molecule has 0 aliphatic heterocycles. The molecule has 1 rings (SSSR count). The van der Waals surface area contributed by atoms with E-state index in [-0.39, 0.29) is 0 Å². The second-order valence-corrected chi connectivity index (χ2v) is 5.82. The van der Waals surface area contributed by atoms with Gasteiger partial charge in [0.15, 0.2) is 0 Å². The van der Waals surface area contributed by atoms with Crippen LogP contribution in [0, 0.1) is 17.8 Å². The monoisotopic (exact) mass is 211 g/mol. The number of hydrogen-bond donors (Lipinski definition) is 1. The van der Waals surface area contributed by atoms with Crippen molar-refractivity contribution in [3.63, 3.8) is 0 Å². The first kappa shape index (κ1) is 13.0. The summed E-state index contributed by atoms with van der Waals surface area (Å²) in [6.07, 6.45) is 9.53. The van der Waals surface area contributed by atoms with Gasteiger partial charge < -0.3 is 5.73 Å². The lowest BCUT2D eigenvalue weighted by molar-refractivity contribution is 0.228. The third-order valence-corrected chi connectivity index (χ3v) is 4.15. The van der Waals surface area contributed by atoms with Gasteiger partial charge in [-0.2, -0.15) is 0 Å². The van der Waals surface area contributed by atoms with Crippen molar-refractivity contribution in [1.82, 2.24) is 0 Å². The van der Waals surface area contributed by atoms with Gasteiger partial charge in [-0.15, -0.1) is 0 Å². The summed E-state index contributed by atoms with van der Waals surface area (Å²) in [5, 5.41) is 0. The topological polar surface area (TPSA) is 26.0 Å². The normalized spacial score (nSPS) is 29.4. The minimum Gasteiger partial charge on any atom is -0.327 e. The molecule has 0 heterocycles. The molecule has 1 aliphatic rings. The fraction of sp³-hybridized carbons (Fsp3) is 1.00. The van der Waals surface area contributed by atoms with Crippen molar-refractivity contribution in [3.05, 3.63) is 0 Å². The molecule has 1 saturated carbocycles. The Kier molecular flexibility index (Phi) is 5.66.